The zero-order valence-corrected chi connectivity index (χ0v) is 20.3. The number of nitro groups is 1. The molecule has 0 bridgehead atoms. The Bertz CT molecular complexity index is 1270. The van der Waals surface area contributed by atoms with E-state index in [9.17, 15) is 24.5 Å². The summed E-state index contributed by atoms with van der Waals surface area (Å²) in [4.78, 5) is 52.9. The minimum Gasteiger partial charge on any atom is -0.322 e. The highest BCUT2D eigenvalue weighted by molar-refractivity contribution is 14.1. The first-order valence-corrected chi connectivity index (χ1v) is 11.6. The van der Waals surface area contributed by atoms with E-state index in [1.54, 1.807) is 24.3 Å². The number of carbonyl (C=O) groups excluding carboxylic acids is 3. The summed E-state index contributed by atoms with van der Waals surface area (Å²) in [5.74, 6) is -1.46. The van der Waals surface area contributed by atoms with E-state index in [1.807, 2.05) is 31.2 Å². The van der Waals surface area contributed by atoms with Gasteiger partial charge in [0.2, 0.25) is 5.91 Å². The first-order chi connectivity index (χ1) is 16.2. The predicted octanol–water partition coefficient (Wildman–Crippen LogP) is 4.48. The summed E-state index contributed by atoms with van der Waals surface area (Å²) in [6.07, 6.45) is -0.169. The molecule has 34 heavy (non-hydrogen) atoms. The average Bonchev–Trinajstić information content (AvgIpc) is 3.12. The second-order valence-corrected chi connectivity index (χ2v) is 9.24. The van der Waals surface area contributed by atoms with Crippen LogP contribution in [0.2, 0.25) is 0 Å². The molecule has 1 saturated heterocycles. The Balaban J connectivity index is 1.71. The molecule has 9 heteroatoms. The smallest absolute Gasteiger partial charge is 0.270 e. The summed E-state index contributed by atoms with van der Waals surface area (Å²) in [6, 6.07) is 18.8. The lowest BCUT2D eigenvalue weighted by atomic mass is 10.1. The second-order valence-electron chi connectivity index (χ2n) is 7.99. The number of imide groups is 1. The molecule has 0 aliphatic carbocycles. The van der Waals surface area contributed by atoms with Gasteiger partial charge in [-0.05, 0) is 65.4 Å². The van der Waals surface area contributed by atoms with Crippen molar-refractivity contribution in [1.82, 2.24) is 4.90 Å². The van der Waals surface area contributed by atoms with Crippen LogP contribution in [-0.2, 0) is 16.1 Å². The maximum Gasteiger partial charge on any atom is 0.270 e. The maximum atomic E-state index is 13.5. The van der Waals surface area contributed by atoms with Crippen molar-refractivity contribution < 1.29 is 19.3 Å². The second kappa shape index (κ2) is 9.72. The van der Waals surface area contributed by atoms with Crippen LogP contribution in [0.1, 0.15) is 27.9 Å². The molecular formula is C25H20IN3O5. The molecule has 1 atom stereocenters. The number of benzene rings is 3. The predicted molar refractivity (Wildman–Crippen MR) is 134 cm³/mol. The molecule has 1 heterocycles. The Morgan fingerprint density at radius 1 is 1.09 bits per heavy atom. The molecule has 1 unspecified atom stereocenters. The highest BCUT2D eigenvalue weighted by atomic mass is 127. The van der Waals surface area contributed by atoms with Crippen LogP contribution in [0.15, 0.2) is 72.8 Å². The lowest BCUT2D eigenvalue weighted by Gasteiger charge is -2.28. The van der Waals surface area contributed by atoms with Gasteiger partial charge in [0.15, 0.2) is 0 Å². The topological polar surface area (TPSA) is 101 Å². The van der Waals surface area contributed by atoms with Crippen LogP contribution in [0.4, 0.5) is 11.4 Å². The summed E-state index contributed by atoms with van der Waals surface area (Å²) in [7, 11) is 0. The molecule has 1 fully saturated rings. The van der Waals surface area contributed by atoms with E-state index in [0.717, 1.165) is 19.6 Å². The number of amides is 3. The summed E-state index contributed by atoms with van der Waals surface area (Å²) in [5.41, 5.74) is 2.11. The Morgan fingerprint density at radius 3 is 2.41 bits per heavy atom. The van der Waals surface area contributed by atoms with E-state index in [0.29, 0.717) is 5.69 Å². The molecule has 3 aromatic carbocycles. The van der Waals surface area contributed by atoms with E-state index in [-0.39, 0.29) is 24.2 Å². The third-order valence-electron chi connectivity index (χ3n) is 5.62. The first kappa shape index (κ1) is 23.6. The Morgan fingerprint density at radius 2 is 1.76 bits per heavy atom. The minimum atomic E-state index is -1.03. The molecule has 8 nitrogen and oxygen atoms in total. The standard InChI is InChI=1S/C25H20IN3O5/c1-16-5-7-17(8-6-16)15-27(24(31)18-3-2-4-21(13-18)29(33)34)22-14-23(30)28(25(22)32)20-11-9-19(26)10-12-20/h2-13,22H,14-15H2,1H3. The molecule has 0 saturated carbocycles. The molecule has 172 valence electrons. The van der Waals surface area contributed by atoms with Gasteiger partial charge in [-0.25, -0.2) is 4.90 Å². The summed E-state index contributed by atoms with van der Waals surface area (Å²) in [6.45, 7) is 2.01. The van der Waals surface area contributed by atoms with Crippen LogP contribution in [0.3, 0.4) is 0 Å². The molecule has 3 aromatic rings. The highest BCUT2D eigenvalue weighted by Crippen LogP contribution is 2.29. The van der Waals surface area contributed by atoms with E-state index in [2.05, 4.69) is 22.6 Å². The van der Waals surface area contributed by atoms with Crippen molar-refractivity contribution in [2.45, 2.75) is 25.9 Å². The van der Waals surface area contributed by atoms with Gasteiger partial charge < -0.3 is 4.90 Å². The molecule has 4 rings (SSSR count). The minimum absolute atomic E-state index is 0.0754. The van der Waals surface area contributed by atoms with Crippen LogP contribution in [-0.4, -0.2) is 33.6 Å². The molecule has 1 aliphatic heterocycles. The number of nitro benzene ring substituents is 1. The van der Waals surface area contributed by atoms with Crippen LogP contribution in [0.25, 0.3) is 0 Å². The summed E-state index contributed by atoms with van der Waals surface area (Å²) >= 11 is 2.13. The highest BCUT2D eigenvalue weighted by Gasteiger charge is 2.44. The monoisotopic (exact) mass is 569 g/mol. The fourth-order valence-corrected chi connectivity index (χ4v) is 4.21. The Labute approximate surface area is 209 Å². The number of hydrogen-bond acceptors (Lipinski definition) is 5. The zero-order chi connectivity index (χ0) is 24.4. The van der Waals surface area contributed by atoms with E-state index in [1.165, 1.54) is 29.2 Å². The molecule has 1 aliphatic rings. The maximum absolute atomic E-state index is 13.5. The Hall–Kier alpha value is -3.60. The summed E-state index contributed by atoms with van der Waals surface area (Å²) < 4.78 is 0.957. The fraction of sp³-hybridized carbons (Fsp3) is 0.160. The number of rotatable bonds is 6. The van der Waals surface area contributed by atoms with Gasteiger partial charge in [-0.2, -0.15) is 0 Å². The SMILES string of the molecule is Cc1ccc(CN(C(=O)c2cccc([N+](=O)[O-])c2)C2CC(=O)N(c3ccc(I)cc3)C2=O)cc1. The van der Waals surface area contributed by atoms with Gasteiger partial charge in [0.25, 0.3) is 17.5 Å². The van der Waals surface area contributed by atoms with Gasteiger partial charge in [-0.3, -0.25) is 24.5 Å². The van der Waals surface area contributed by atoms with Crippen LogP contribution in [0.5, 0.6) is 0 Å². The average molecular weight is 569 g/mol. The van der Waals surface area contributed by atoms with Gasteiger partial charge in [0.05, 0.1) is 17.0 Å². The van der Waals surface area contributed by atoms with Crippen molar-refractivity contribution in [2.75, 3.05) is 4.90 Å². The third kappa shape index (κ3) is 4.84. The first-order valence-electron chi connectivity index (χ1n) is 10.5. The molecule has 0 N–H and O–H groups in total. The van der Waals surface area contributed by atoms with Crippen LogP contribution >= 0.6 is 22.6 Å². The van der Waals surface area contributed by atoms with Crippen LogP contribution < -0.4 is 4.90 Å². The molecule has 3 amide bonds. The van der Waals surface area contributed by atoms with Crippen molar-refractivity contribution in [3.63, 3.8) is 0 Å². The van der Waals surface area contributed by atoms with E-state index >= 15 is 0 Å². The Kier molecular flexibility index (Phi) is 6.73. The molecule has 0 radical (unpaired) electrons. The lowest BCUT2D eigenvalue weighted by Crippen LogP contribution is -2.45. The normalized spacial score (nSPS) is 15.5. The quantitative estimate of drug-likeness (QED) is 0.189. The van der Waals surface area contributed by atoms with Crippen LogP contribution in [0, 0.1) is 20.6 Å². The molecular weight excluding hydrogens is 549 g/mol. The van der Waals surface area contributed by atoms with Gasteiger partial charge in [-0.15, -0.1) is 0 Å². The number of aryl methyl sites for hydroxylation is 1. The number of anilines is 1. The van der Waals surface area contributed by atoms with Crippen molar-refractivity contribution >= 4 is 51.7 Å². The largest absolute Gasteiger partial charge is 0.322 e. The zero-order valence-electron chi connectivity index (χ0n) is 18.2. The molecule has 0 spiro atoms. The number of hydrogen-bond donors (Lipinski definition) is 0. The van der Waals surface area contributed by atoms with Crippen molar-refractivity contribution in [3.05, 3.63) is 103 Å². The number of nitrogens with zero attached hydrogens (tertiary/aromatic N) is 3. The number of non-ortho nitro benzene ring substituents is 1. The third-order valence-corrected chi connectivity index (χ3v) is 6.34. The van der Waals surface area contributed by atoms with Gasteiger partial charge in [0.1, 0.15) is 6.04 Å². The fourth-order valence-electron chi connectivity index (χ4n) is 3.85. The van der Waals surface area contributed by atoms with E-state index in [4.69, 9.17) is 0 Å². The van der Waals surface area contributed by atoms with Gasteiger partial charge in [0, 0.05) is 27.8 Å². The number of carbonyl (C=O) groups is 3. The lowest BCUT2D eigenvalue weighted by molar-refractivity contribution is -0.384. The van der Waals surface area contributed by atoms with Gasteiger partial charge in [-0.1, -0.05) is 35.9 Å². The number of halogens is 1. The van der Waals surface area contributed by atoms with Crippen molar-refractivity contribution in [1.29, 1.82) is 0 Å². The summed E-state index contributed by atoms with van der Waals surface area (Å²) in [5, 5.41) is 11.2. The molecule has 0 aromatic heterocycles. The van der Waals surface area contributed by atoms with Crippen molar-refractivity contribution in [3.8, 4) is 0 Å². The van der Waals surface area contributed by atoms with Gasteiger partial charge >= 0.3 is 0 Å². The van der Waals surface area contributed by atoms with E-state index < -0.39 is 28.7 Å². The van der Waals surface area contributed by atoms with Crippen molar-refractivity contribution in [2.24, 2.45) is 0 Å².